The summed E-state index contributed by atoms with van der Waals surface area (Å²) in [4.78, 5) is 11.8. The molecule has 88 valence electrons. The van der Waals surface area contributed by atoms with E-state index in [1.165, 1.54) is 0 Å². The highest BCUT2D eigenvalue weighted by Crippen LogP contribution is 2.19. The largest absolute Gasteiger partial charge is 0.507 e. The van der Waals surface area contributed by atoms with Gasteiger partial charge in [-0.25, -0.2) is 0 Å². The van der Waals surface area contributed by atoms with Gasteiger partial charge in [0.1, 0.15) is 5.75 Å². The molecule has 5 heteroatoms. The van der Waals surface area contributed by atoms with Crippen molar-refractivity contribution in [2.45, 2.75) is 6.92 Å². The van der Waals surface area contributed by atoms with Crippen LogP contribution in [0.15, 0.2) is 30.5 Å². The van der Waals surface area contributed by atoms with E-state index in [2.05, 4.69) is 10.4 Å². The lowest BCUT2D eigenvalue weighted by Gasteiger charge is -2.05. The third-order valence-corrected chi connectivity index (χ3v) is 2.35. The van der Waals surface area contributed by atoms with Gasteiger partial charge in [-0.3, -0.25) is 9.48 Å². The van der Waals surface area contributed by atoms with Crippen molar-refractivity contribution in [1.29, 1.82) is 0 Å². The van der Waals surface area contributed by atoms with Crippen LogP contribution >= 0.6 is 0 Å². The highest BCUT2D eigenvalue weighted by molar-refractivity contribution is 6.05. The number of phenols is 1. The Morgan fingerprint density at radius 3 is 2.76 bits per heavy atom. The van der Waals surface area contributed by atoms with Gasteiger partial charge >= 0.3 is 0 Å². The molecule has 0 aliphatic rings. The molecule has 1 heterocycles. The first-order valence-electron chi connectivity index (χ1n) is 5.17. The lowest BCUT2D eigenvalue weighted by atomic mass is 10.1. The summed E-state index contributed by atoms with van der Waals surface area (Å²) >= 11 is 0. The number of amides is 1. The summed E-state index contributed by atoms with van der Waals surface area (Å²) in [5.74, 6) is 0.0529. The van der Waals surface area contributed by atoms with Crippen LogP contribution in [0, 0.1) is 6.92 Å². The van der Waals surface area contributed by atoms with Gasteiger partial charge in [-0.15, -0.1) is 0 Å². The van der Waals surface area contributed by atoms with Crippen LogP contribution in [0.5, 0.6) is 5.75 Å². The maximum absolute atomic E-state index is 11.8. The van der Waals surface area contributed by atoms with Crippen molar-refractivity contribution in [3.63, 3.8) is 0 Å². The third kappa shape index (κ3) is 2.44. The van der Waals surface area contributed by atoms with E-state index in [1.807, 2.05) is 6.92 Å². The quantitative estimate of drug-likeness (QED) is 0.826. The molecular formula is C12H13N3O2. The summed E-state index contributed by atoms with van der Waals surface area (Å²) in [7, 11) is 1.76. The number of aryl methyl sites for hydroxylation is 2. The van der Waals surface area contributed by atoms with Crippen molar-refractivity contribution in [3.8, 4) is 5.75 Å². The average Bonchev–Trinajstić information content (AvgIpc) is 2.63. The monoisotopic (exact) mass is 231 g/mol. The predicted octanol–water partition coefficient (Wildman–Crippen LogP) is 1.69. The minimum Gasteiger partial charge on any atom is -0.507 e. The van der Waals surface area contributed by atoms with E-state index in [0.29, 0.717) is 5.82 Å². The standard InChI is InChI=1S/C12H13N3O2/c1-8-3-4-9(10(16)7-8)12(17)13-11-5-6-15(2)14-11/h3-7,16H,1-2H3,(H,13,14,17). The highest BCUT2D eigenvalue weighted by atomic mass is 16.3. The second kappa shape index (κ2) is 4.29. The van der Waals surface area contributed by atoms with Crippen LogP contribution in [-0.4, -0.2) is 20.8 Å². The normalized spacial score (nSPS) is 10.2. The van der Waals surface area contributed by atoms with Crippen molar-refractivity contribution in [2.75, 3.05) is 5.32 Å². The fourth-order valence-corrected chi connectivity index (χ4v) is 1.50. The Morgan fingerprint density at radius 1 is 1.41 bits per heavy atom. The number of benzene rings is 1. The molecule has 1 amide bonds. The summed E-state index contributed by atoms with van der Waals surface area (Å²) in [6, 6.07) is 6.59. The summed E-state index contributed by atoms with van der Waals surface area (Å²) in [6.07, 6.45) is 1.73. The van der Waals surface area contributed by atoms with E-state index in [-0.39, 0.29) is 17.2 Å². The van der Waals surface area contributed by atoms with Gasteiger partial charge in [0, 0.05) is 19.3 Å². The summed E-state index contributed by atoms with van der Waals surface area (Å²) < 4.78 is 1.59. The first kappa shape index (κ1) is 11.2. The van der Waals surface area contributed by atoms with Gasteiger partial charge in [0.15, 0.2) is 5.82 Å². The number of aromatic hydroxyl groups is 1. The van der Waals surface area contributed by atoms with Gasteiger partial charge in [-0.2, -0.15) is 5.10 Å². The Hall–Kier alpha value is -2.30. The first-order valence-corrected chi connectivity index (χ1v) is 5.17. The number of nitrogens with zero attached hydrogens (tertiary/aromatic N) is 2. The third-order valence-electron chi connectivity index (χ3n) is 2.35. The Morgan fingerprint density at radius 2 is 2.18 bits per heavy atom. The predicted molar refractivity (Wildman–Crippen MR) is 64.0 cm³/mol. The molecule has 1 aromatic heterocycles. The van der Waals surface area contributed by atoms with Crippen LogP contribution in [0.25, 0.3) is 0 Å². The zero-order valence-electron chi connectivity index (χ0n) is 9.64. The zero-order valence-corrected chi connectivity index (χ0v) is 9.64. The van der Waals surface area contributed by atoms with Gasteiger partial charge in [0.25, 0.3) is 5.91 Å². The van der Waals surface area contributed by atoms with Crippen molar-refractivity contribution in [3.05, 3.63) is 41.6 Å². The molecule has 0 saturated carbocycles. The molecule has 5 nitrogen and oxygen atoms in total. The van der Waals surface area contributed by atoms with Crippen molar-refractivity contribution >= 4 is 11.7 Å². The molecule has 0 aliphatic carbocycles. The van der Waals surface area contributed by atoms with Gasteiger partial charge in [0.05, 0.1) is 5.56 Å². The zero-order chi connectivity index (χ0) is 12.4. The Bertz CT molecular complexity index is 561. The number of hydrogen-bond donors (Lipinski definition) is 2. The Balaban J connectivity index is 2.20. The smallest absolute Gasteiger partial charge is 0.260 e. The van der Waals surface area contributed by atoms with Crippen LogP contribution in [-0.2, 0) is 7.05 Å². The second-order valence-corrected chi connectivity index (χ2v) is 3.85. The number of carbonyl (C=O) groups is 1. The molecule has 0 spiro atoms. The molecule has 0 fully saturated rings. The highest BCUT2D eigenvalue weighted by Gasteiger charge is 2.12. The summed E-state index contributed by atoms with van der Waals surface area (Å²) in [5, 5.41) is 16.3. The molecule has 17 heavy (non-hydrogen) atoms. The van der Waals surface area contributed by atoms with Crippen molar-refractivity contribution in [1.82, 2.24) is 9.78 Å². The number of hydrogen-bond acceptors (Lipinski definition) is 3. The van der Waals surface area contributed by atoms with E-state index in [9.17, 15) is 9.90 Å². The molecule has 1 aromatic carbocycles. The SMILES string of the molecule is Cc1ccc(C(=O)Nc2ccn(C)n2)c(O)c1. The van der Waals surface area contributed by atoms with E-state index < -0.39 is 0 Å². The number of carbonyl (C=O) groups excluding carboxylic acids is 1. The minimum absolute atomic E-state index is 0.0292. The van der Waals surface area contributed by atoms with Crippen LogP contribution in [0.4, 0.5) is 5.82 Å². The molecule has 2 rings (SSSR count). The number of anilines is 1. The number of aromatic nitrogens is 2. The second-order valence-electron chi connectivity index (χ2n) is 3.85. The van der Waals surface area contributed by atoms with E-state index in [4.69, 9.17) is 0 Å². The van der Waals surface area contributed by atoms with Gasteiger partial charge in [0.2, 0.25) is 0 Å². The molecule has 0 unspecified atom stereocenters. The van der Waals surface area contributed by atoms with Gasteiger partial charge in [-0.05, 0) is 24.6 Å². The van der Waals surface area contributed by atoms with Crippen LogP contribution in [0.3, 0.4) is 0 Å². The summed E-state index contributed by atoms with van der Waals surface area (Å²) in [5.41, 5.74) is 1.14. The molecule has 0 radical (unpaired) electrons. The van der Waals surface area contributed by atoms with E-state index in [0.717, 1.165) is 5.56 Å². The van der Waals surface area contributed by atoms with Crippen molar-refractivity contribution in [2.24, 2.45) is 7.05 Å². The topological polar surface area (TPSA) is 67.2 Å². The Kier molecular flexibility index (Phi) is 2.82. The molecule has 0 atom stereocenters. The molecule has 0 saturated heterocycles. The molecule has 0 aliphatic heterocycles. The molecule has 2 N–H and O–H groups in total. The molecular weight excluding hydrogens is 218 g/mol. The number of nitrogens with one attached hydrogen (secondary N) is 1. The number of rotatable bonds is 2. The fraction of sp³-hybridized carbons (Fsp3) is 0.167. The minimum atomic E-state index is -0.374. The maximum Gasteiger partial charge on any atom is 0.260 e. The Labute approximate surface area is 98.7 Å². The lowest BCUT2D eigenvalue weighted by molar-refractivity contribution is 0.102. The fourth-order valence-electron chi connectivity index (χ4n) is 1.50. The van der Waals surface area contributed by atoms with E-state index >= 15 is 0 Å². The van der Waals surface area contributed by atoms with Crippen LogP contribution in [0.1, 0.15) is 15.9 Å². The summed E-state index contributed by atoms with van der Waals surface area (Å²) in [6.45, 7) is 1.85. The lowest BCUT2D eigenvalue weighted by Crippen LogP contribution is -2.12. The van der Waals surface area contributed by atoms with Crippen LogP contribution in [0.2, 0.25) is 0 Å². The van der Waals surface area contributed by atoms with Crippen molar-refractivity contribution < 1.29 is 9.90 Å². The molecule has 0 bridgehead atoms. The molecule has 2 aromatic rings. The van der Waals surface area contributed by atoms with Gasteiger partial charge < -0.3 is 10.4 Å². The van der Waals surface area contributed by atoms with Gasteiger partial charge in [-0.1, -0.05) is 6.07 Å². The van der Waals surface area contributed by atoms with E-state index in [1.54, 1.807) is 42.2 Å². The first-order chi connectivity index (χ1) is 8.06. The number of phenolic OH excluding ortho intramolecular Hbond substituents is 1. The average molecular weight is 231 g/mol. The maximum atomic E-state index is 11.8. The van der Waals surface area contributed by atoms with Crippen LogP contribution < -0.4 is 5.32 Å².